The lowest BCUT2D eigenvalue weighted by molar-refractivity contribution is -0.155. The van der Waals surface area contributed by atoms with Gasteiger partial charge in [0.1, 0.15) is 0 Å². The van der Waals surface area contributed by atoms with Crippen molar-refractivity contribution in [2.75, 3.05) is 6.54 Å². The molecule has 1 aliphatic carbocycles. The molecule has 3 N–H and O–H groups in total. The van der Waals surface area contributed by atoms with Crippen LogP contribution in [0.4, 0.5) is 0 Å². The van der Waals surface area contributed by atoms with Gasteiger partial charge in [0.2, 0.25) is 10.0 Å². The van der Waals surface area contributed by atoms with Gasteiger partial charge in [-0.25, -0.2) is 17.9 Å². The number of carboxylic acids is 1. The van der Waals surface area contributed by atoms with E-state index in [0.717, 1.165) is 6.92 Å². The average molecular weight is 223 g/mol. The summed E-state index contributed by atoms with van der Waals surface area (Å²) in [5.74, 6) is -1.45. The SMILES string of the molecule is CC(O)(CNS(=O)(=O)C1CC1)C(=O)O. The molecular formula is C7H13NO5S. The van der Waals surface area contributed by atoms with Gasteiger partial charge in [-0.05, 0) is 19.8 Å². The second kappa shape index (κ2) is 3.48. The van der Waals surface area contributed by atoms with Gasteiger partial charge in [-0.2, -0.15) is 0 Å². The van der Waals surface area contributed by atoms with Crippen LogP contribution in [0.15, 0.2) is 0 Å². The summed E-state index contributed by atoms with van der Waals surface area (Å²) in [4.78, 5) is 10.4. The van der Waals surface area contributed by atoms with Crippen LogP contribution in [0.2, 0.25) is 0 Å². The predicted octanol–water partition coefficient (Wildman–Crippen LogP) is -1.10. The molecule has 0 aromatic carbocycles. The molecule has 1 aliphatic rings. The minimum Gasteiger partial charge on any atom is -0.479 e. The van der Waals surface area contributed by atoms with E-state index in [4.69, 9.17) is 5.11 Å². The van der Waals surface area contributed by atoms with E-state index in [9.17, 15) is 18.3 Å². The van der Waals surface area contributed by atoms with Gasteiger partial charge in [0.05, 0.1) is 5.25 Å². The van der Waals surface area contributed by atoms with Gasteiger partial charge in [-0.15, -0.1) is 0 Å². The number of hydrogen-bond acceptors (Lipinski definition) is 4. The van der Waals surface area contributed by atoms with Crippen molar-refractivity contribution in [2.45, 2.75) is 30.6 Å². The maximum absolute atomic E-state index is 11.2. The molecule has 0 aliphatic heterocycles. The van der Waals surface area contributed by atoms with Gasteiger partial charge in [0.15, 0.2) is 5.60 Å². The van der Waals surface area contributed by atoms with Crippen LogP contribution in [0.1, 0.15) is 19.8 Å². The molecule has 82 valence electrons. The molecule has 0 radical (unpaired) electrons. The van der Waals surface area contributed by atoms with Crippen molar-refractivity contribution in [1.82, 2.24) is 4.72 Å². The van der Waals surface area contributed by atoms with E-state index in [1.165, 1.54) is 0 Å². The summed E-state index contributed by atoms with van der Waals surface area (Å²) in [7, 11) is -3.43. The fraction of sp³-hybridized carbons (Fsp3) is 0.857. The topological polar surface area (TPSA) is 104 Å². The lowest BCUT2D eigenvalue weighted by atomic mass is 10.1. The highest BCUT2D eigenvalue weighted by Crippen LogP contribution is 2.27. The van der Waals surface area contributed by atoms with E-state index in [-0.39, 0.29) is 0 Å². The van der Waals surface area contributed by atoms with Gasteiger partial charge >= 0.3 is 5.97 Å². The monoisotopic (exact) mass is 223 g/mol. The number of nitrogens with one attached hydrogen (secondary N) is 1. The summed E-state index contributed by atoms with van der Waals surface area (Å²) in [5.41, 5.74) is -2.05. The molecular weight excluding hydrogens is 210 g/mol. The molecule has 0 spiro atoms. The fourth-order valence-corrected chi connectivity index (χ4v) is 2.29. The van der Waals surface area contributed by atoms with Crippen LogP contribution in [0, 0.1) is 0 Å². The lowest BCUT2D eigenvalue weighted by Gasteiger charge is -2.18. The molecule has 6 nitrogen and oxygen atoms in total. The molecule has 0 saturated heterocycles. The number of aliphatic carboxylic acids is 1. The highest BCUT2D eigenvalue weighted by atomic mass is 32.2. The molecule has 1 atom stereocenters. The van der Waals surface area contributed by atoms with Crippen molar-refractivity contribution in [3.8, 4) is 0 Å². The Labute approximate surface area is 82.0 Å². The van der Waals surface area contributed by atoms with E-state index in [1.54, 1.807) is 0 Å². The van der Waals surface area contributed by atoms with Crippen molar-refractivity contribution in [3.05, 3.63) is 0 Å². The minimum atomic E-state index is -3.43. The third kappa shape index (κ3) is 2.66. The zero-order chi connectivity index (χ0) is 11.0. The van der Waals surface area contributed by atoms with Crippen molar-refractivity contribution in [1.29, 1.82) is 0 Å². The van der Waals surface area contributed by atoms with Crippen LogP contribution in [0.25, 0.3) is 0 Å². The normalized spacial score (nSPS) is 21.6. The van der Waals surface area contributed by atoms with Gasteiger partial charge in [-0.3, -0.25) is 0 Å². The first-order valence-electron chi connectivity index (χ1n) is 4.20. The Morgan fingerprint density at radius 2 is 2.07 bits per heavy atom. The Kier molecular flexibility index (Phi) is 2.84. The molecule has 0 heterocycles. The van der Waals surface area contributed by atoms with Crippen LogP contribution in [0.5, 0.6) is 0 Å². The van der Waals surface area contributed by atoms with Crippen molar-refractivity contribution in [2.24, 2.45) is 0 Å². The van der Waals surface area contributed by atoms with Crippen LogP contribution in [0.3, 0.4) is 0 Å². The zero-order valence-electron chi connectivity index (χ0n) is 7.73. The molecule has 0 aromatic heterocycles. The summed E-state index contributed by atoms with van der Waals surface area (Å²) in [6.45, 7) is 0.548. The number of rotatable bonds is 5. The standard InChI is InChI=1S/C7H13NO5S/c1-7(11,6(9)10)4-8-14(12,13)5-2-3-5/h5,8,11H,2-4H2,1H3,(H,9,10). The lowest BCUT2D eigenvalue weighted by Crippen LogP contribution is -2.47. The quantitative estimate of drug-likeness (QED) is 0.549. The molecule has 0 amide bonds. The van der Waals surface area contributed by atoms with Gasteiger partial charge in [0, 0.05) is 6.54 Å². The molecule has 1 fully saturated rings. The molecule has 1 unspecified atom stereocenters. The third-order valence-corrected chi connectivity index (χ3v) is 3.94. The van der Waals surface area contributed by atoms with Crippen molar-refractivity contribution >= 4 is 16.0 Å². The Hall–Kier alpha value is -0.660. The molecule has 7 heteroatoms. The number of carboxylic acid groups (broad SMARTS) is 1. The first kappa shape index (κ1) is 11.4. The maximum atomic E-state index is 11.2. The van der Waals surface area contributed by atoms with Gasteiger partial charge in [0.25, 0.3) is 0 Å². The Balaban J connectivity index is 2.51. The van der Waals surface area contributed by atoms with E-state index >= 15 is 0 Å². The van der Waals surface area contributed by atoms with Crippen LogP contribution >= 0.6 is 0 Å². The molecule has 0 aromatic rings. The fourth-order valence-electron chi connectivity index (χ4n) is 0.813. The van der Waals surface area contributed by atoms with E-state index < -0.39 is 33.4 Å². The van der Waals surface area contributed by atoms with E-state index in [1.807, 2.05) is 0 Å². The maximum Gasteiger partial charge on any atom is 0.336 e. The highest BCUT2D eigenvalue weighted by molar-refractivity contribution is 7.90. The average Bonchev–Trinajstić information content (AvgIpc) is 2.83. The van der Waals surface area contributed by atoms with Gasteiger partial charge < -0.3 is 10.2 Å². The first-order valence-corrected chi connectivity index (χ1v) is 5.74. The summed E-state index contributed by atoms with van der Waals surface area (Å²) < 4.78 is 24.6. The van der Waals surface area contributed by atoms with Gasteiger partial charge in [-0.1, -0.05) is 0 Å². The van der Waals surface area contributed by atoms with E-state index in [2.05, 4.69) is 4.72 Å². The molecule has 14 heavy (non-hydrogen) atoms. The first-order chi connectivity index (χ1) is 6.26. The predicted molar refractivity (Wildman–Crippen MR) is 48.2 cm³/mol. The summed E-state index contributed by atoms with van der Waals surface area (Å²) in [6.07, 6.45) is 1.20. The number of sulfonamides is 1. The van der Waals surface area contributed by atoms with Crippen LogP contribution in [-0.2, 0) is 14.8 Å². The second-order valence-electron chi connectivity index (χ2n) is 3.64. The molecule has 0 bridgehead atoms. The Morgan fingerprint density at radius 3 is 2.43 bits per heavy atom. The molecule has 1 saturated carbocycles. The van der Waals surface area contributed by atoms with Crippen LogP contribution in [-0.4, -0.2) is 42.0 Å². The minimum absolute atomic E-state index is 0.410. The summed E-state index contributed by atoms with van der Waals surface area (Å²) >= 11 is 0. The number of carbonyl (C=O) groups is 1. The Bertz CT molecular complexity index is 330. The van der Waals surface area contributed by atoms with E-state index in [0.29, 0.717) is 12.8 Å². The number of aliphatic hydroxyl groups is 1. The smallest absolute Gasteiger partial charge is 0.336 e. The summed E-state index contributed by atoms with van der Waals surface area (Å²) in [5, 5.41) is 17.3. The van der Waals surface area contributed by atoms with Crippen LogP contribution < -0.4 is 4.72 Å². The molecule has 1 rings (SSSR count). The summed E-state index contributed by atoms with van der Waals surface area (Å²) in [6, 6.07) is 0. The van der Waals surface area contributed by atoms with Crippen molar-refractivity contribution < 1.29 is 23.4 Å². The van der Waals surface area contributed by atoms with Crippen molar-refractivity contribution in [3.63, 3.8) is 0 Å². The second-order valence-corrected chi connectivity index (χ2v) is 5.69. The third-order valence-electron chi connectivity index (χ3n) is 2.04. The highest BCUT2D eigenvalue weighted by Gasteiger charge is 2.38. The zero-order valence-corrected chi connectivity index (χ0v) is 8.54. The Morgan fingerprint density at radius 1 is 1.57 bits per heavy atom. The number of hydrogen-bond donors (Lipinski definition) is 3. The largest absolute Gasteiger partial charge is 0.479 e.